The van der Waals surface area contributed by atoms with E-state index in [-0.39, 0.29) is 11.7 Å². The van der Waals surface area contributed by atoms with Crippen LogP contribution in [-0.4, -0.2) is 32.4 Å². The Kier molecular flexibility index (Phi) is 3.38. The lowest BCUT2D eigenvalue weighted by Crippen LogP contribution is -2.33. The van der Waals surface area contributed by atoms with E-state index in [0.717, 1.165) is 47.1 Å². The van der Waals surface area contributed by atoms with Crippen LogP contribution in [0.2, 0.25) is 0 Å². The van der Waals surface area contributed by atoms with Crippen molar-refractivity contribution in [2.75, 3.05) is 13.1 Å². The van der Waals surface area contributed by atoms with Gasteiger partial charge in [0.15, 0.2) is 0 Å². The van der Waals surface area contributed by atoms with Gasteiger partial charge in [-0.05, 0) is 54.0 Å². The molecule has 2 N–H and O–H groups in total. The molecule has 0 amide bonds. The Morgan fingerprint density at radius 3 is 2.82 bits per heavy atom. The number of hydrogen-bond donors (Lipinski definition) is 2. The maximum atomic E-state index is 12.5. The SMILES string of the molecule is O=c1[nH]c2c(-n3cc(Br)cn3)cccc2n1C1CCNCC1. The first-order chi connectivity index (χ1) is 10.7. The maximum Gasteiger partial charge on any atom is 0.326 e. The molecule has 0 aliphatic carbocycles. The summed E-state index contributed by atoms with van der Waals surface area (Å²) in [5, 5.41) is 7.66. The minimum absolute atomic E-state index is 0.0411. The van der Waals surface area contributed by atoms with Crippen LogP contribution in [0.15, 0.2) is 39.9 Å². The lowest BCUT2D eigenvalue weighted by atomic mass is 10.1. The zero-order valence-electron chi connectivity index (χ0n) is 11.9. The Morgan fingerprint density at radius 2 is 2.09 bits per heavy atom. The predicted molar refractivity (Wildman–Crippen MR) is 88.5 cm³/mol. The molecule has 1 aliphatic rings. The van der Waals surface area contributed by atoms with Crippen molar-refractivity contribution in [3.8, 4) is 5.69 Å². The second kappa shape index (κ2) is 5.40. The van der Waals surface area contributed by atoms with Gasteiger partial charge in [-0.3, -0.25) is 4.57 Å². The molecular weight excluding hydrogens is 346 g/mol. The zero-order valence-corrected chi connectivity index (χ0v) is 13.5. The number of aromatic amines is 1. The molecule has 0 spiro atoms. The van der Waals surface area contributed by atoms with Gasteiger partial charge in [-0.15, -0.1) is 0 Å². The molecule has 0 radical (unpaired) electrons. The average molecular weight is 362 g/mol. The molecule has 0 saturated carbocycles. The molecule has 2 aromatic heterocycles. The summed E-state index contributed by atoms with van der Waals surface area (Å²) in [6.07, 6.45) is 5.57. The van der Waals surface area contributed by atoms with Crippen molar-refractivity contribution in [3.05, 3.63) is 45.5 Å². The topological polar surface area (TPSA) is 67.6 Å². The quantitative estimate of drug-likeness (QED) is 0.735. The fourth-order valence-electron chi connectivity index (χ4n) is 3.18. The number of imidazole rings is 1. The Labute approximate surface area is 135 Å². The standard InChI is InChI=1S/C15H16BrN5O/c16-10-8-18-20(9-10)12-2-1-3-13-14(12)19-15(22)21(13)11-4-6-17-7-5-11/h1-3,8-9,11,17H,4-7H2,(H,19,22). The first-order valence-corrected chi connectivity index (χ1v) is 8.18. The predicted octanol–water partition coefficient (Wildman–Crippen LogP) is 2.20. The van der Waals surface area contributed by atoms with Gasteiger partial charge in [0, 0.05) is 12.2 Å². The Hall–Kier alpha value is -1.86. The Morgan fingerprint density at radius 1 is 1.27 bits per heavy atom. The molecule has 114 valence electrons. The first kappa shape index (κ1) is 13.8. The van der Waals surface area contributed by atoms with E-state index in [1.54, 1.807) is 10.9 Å². The number of rotatable bonds is 2. The largest absolute Gasteiger partial charge is 0.326 e. The molecule has 0 unspecified atom stereocenters. The van der Waals surface area contributed by atoms with Crippen LogP contribution in [0.3, 0.4) is 0 Å². The third-order valence-electron chi connectivity index (χ3n) is 4.20. The molecule has 0 bridgehead atoms. The number of nitrogens with one attached hydrogen (secondary N) is 2. The third-order valence-corrected chi connectivity index (χ3v) is 4.61. The van der Waals surface area contributed by atoms with Crippen molar-refractivity contribution in [1.82, 2.24) is 24.6 Å². The molecule has 3 aromatic rings. The summed E-state index contributed by atoms with van der Waals surface area (Å²) in [4.78, 5) is 15.5. The summed E-state index contributed by atoms with van der Waals surface area (Å²) in [7, 11) is 0. The number of halogens is 1. The first-order valence-electron chi connectivity index (χ1n) is 7.38. The van der Waals surface area contributed by atoms with Crippen LogP contribution < -0.4 is 11.0 Å². The number of piperidine rings is 1. The van der Waals surface area contributed by atoms with Gasteiger partial charge < -0.3 is 10.3 Å². The van der Waals surface area contributed by atoms with E-state index >= 15 is 0 Å². The van der Waals surface area contributed by atoms with Gasteiger partial charge in [-0.25, -0.2) is 9.48 Å². The molecule has 6 nitrogen and oxygen atoms in total. The number of hydrogen-bond acceptors (Lipinski definition) is 3. The number of nitrogens with zero attached hydrogens (tertiary/aromatic N) is 3. The van der Waals surface area contributed by atoms with Crippen LogP contribution in [0, 0.1) is 0 Å². The summed E-state index contributed by atoms with van der Waals surface area (Å²) in [6.45, 7) is 1.91. The lowest BCUT2D eigenvalue weighted by molar-refractivity contribution is 0.368. The van der Waals surface area contributed by atoms with E-state index in [0.29, 0.717) is 0 Å². The fraction of sp³-hybridized carbons (Fsp3) is 0.333. The van der Waals surface area contributed by atoms with Gasteiger partial charge in [-0.2, -0.15) is 5.10 Å². The highest BCUT2D eigenvalue weighted by Gasteiger charge is 2.20. The van der Waals surface area contributed by atoms with Crippen molar-refractivity contribution in [3.63, 3.8) is 0 Å². The summed E-state index contributed by atoms with van der Waals surface area (Å²) in [5.41, 5.74) is 2.62. The van der Waals surface area contributed by atoms with E-state index in [9.17, 15) is 4.79 Å². The average Bonchev–Trinajstić information content (AvgIpc) is 3.10. The minimum atomic E-state index is -0.0411. The molecule has 1 fully saturated rings. The van der Waals surface area contributed by atoms with Crippen LogP contribution in [-0.2, 0) is 0 Å². The lowest BCUT2D eigenvalue weighted by Gasteiger charge is -2.23. The van der Waals surface area contributed by atoms with Crippen LogP contribution in [0.25, 0.3) is 16.7 Å². The summed E-state index contributed by atoms with van der Waals surface area (Å²) in [6, 6.07) is 6.18. The smallest absolute Gasteiger partial charge is 0.317 e. The molecule has 7 heteroatoms. The fourth-order valence-corrected chi connectivity index (χ4v) is 3.47. The Balaban J connectivity index is 1.90. The van der Waals surface area contributed by atoms with Crippen molar-refractivity contribution in [2.45, 2.75) is 18.9 Å². The molecule has 3 heterocycles. The monoisotopic (exact) mass is 361 g/mol. The van der Waals surface area contributed by atoms with E-state index in [1.807, 2.05) is 29.0 Å². The number of fused-ring (bicyclic) bond motifs is 1. The number of H-pyrrole nitrogens is 1. The molecule has 0 atom stereocenters. The van der Waals surface area contributed by atoms with Gasteiger partial charge >= 0.3 is 5.69 Å². The van der Waals surface area contributed by atoms with Crippen molar-refractivity contribution < 1.29 is 0 Å². The van der Waals surface area contributed by atoms with Crippen LogP contribution in [0.4, 0.5) is 0 Å². The minimum Gasteiger partial charge on any atom is -0.317 e. The second-order valence-electron chi connectivity index (χ2n) is 5.56. The van der Waals surface area contributed by atoms with Crippen LogP contribution in [0.1, 0.15) is 18.9 Å². The maximum absolute atomic E-state index is 12.5. The molecule has 1 aromatic carbocycles. The summed E-state index contributed by atoms with van der Waals surface area (Å²) < 4.78 is 4.58. The van der Waals surface area contributed by atoms with Crippen LogP contribution in [0.5, 0.6) is 0 Å². The third kappa shape index (κ3) is 2.21. The van der Waals surface area contributed by atoms with E-state index in [2.05, 4.69) is 31.3 Å². The second-order valence-corrected chi connectivity index (χ2v) is 6.47. The van der Waals surface area contributed by atoms with Gasteiger partial charge in [0.05, 0.1) is 27.4 Å². The highest BCUT2D eigenvalue weighted by Crippen LogP contribution is 2.25. The van der Waals surface area contributed by atoms with E-state index in [1.165, 1.54) is 0 Å². The van der Waals surface area contributed by atoms with Crippen LogP contribution >= 0.6 is 15.9 Å². The van der Waals surface area contributed by atoms with Crippen molar-refractivity contribution in [1.29, 1.82) is 0 Å². The molecule has 22 heavy (non-hydrogen) atoms. The van der Waals surface area contributed by atoms with Crippen molar-refractivity contribution in [2.24, 2.45) is 0 Å². The summed E-state index contributed by atoms with van der Waals surface area (Å²) >= 11 is 3.41. The highest BCUT2D eigenvalue weighted by atomic mass is 79.9. The number of para-hydroxylation sites is 1. The van der Waals surface area contributed by atoms with Gasteiger partial charge in [0.2, 0.25) is 0 Å². The molecular formula is C15H16BrN5O. The molecule has 1 aliphatic heterocycles. The normalized spacial score (nSPS) is 16.4. The Bertz CT molecular complexity index is 872. The molecule has 1 saturated heterocycles. The molecule has 4 rings (SSSR count). The number of benzene rings is 1. The summed E-state index contributed by atoms with van der Waals surface area (Å²) in [5.74, 6) is 0. The number of aromatic nitrogens is 4. The van der Waals surface area contributed by atoms with E-state index < -0.39 is 0 Å². The van der Waals surface area contributed by atoms with Gasteiger partial charge in [-0.1, -0.05) is 6.07 Å². The van der Waals surface area contributed by atoms with Crippen molar-refractivity contribution >= 4 is 27.0 Å². The zero-order chi connectivity index (χ0) is 15.1. The van der Waals surface area contributed by atoms with Gasteiger partial charge in [0.25, 0.3) is 0 Å². The highest BCUT2D eigenvalue weighted by molar-refractivity contribution is 9.10. The van der Waals surface area contributed by atoms with Gasteiger partial charge in [0.1, 0.15) is 0 Å². The van der Waals surface area contributed by atoms with E-state index in [4.69, 9.17) is 0 Å².